The predicted octanol–water partition coefficient (Wildman–Crippen LogP) is 5.61. The fourth-order valence-electron chi connectivity index (χ4n) is 2.74. The van der Waals surface area contributed by atoms with Gasteiger partial charge in [0, 0.05) is 10.8 Å². The Morgan fingerprint density at radius 1 is 0.625 bits per heavy atom. The molecule has 5 heteroatoms. The van der Waals surface area contributed by atoms with E-state index in [2.05, 4.69) is 4.98 Å². The van der Waals surface area contributed by atoms with Crippen LogP contribution in [-0.4, -0.2) is 4.98 Å². The van der Waals surface area contributed by atoms with Gasteiger partial charge in [0.25, 0.3) is 0 Å². The van der Waals surface area contributed by atoms with Crippen LogP contribution in [0, 0.1) is 23.3 Å². The molecule has 0 spiro atoms. The van der Waals surface area contributed by atoms with Gasteiger partial charge in [-0.25, -0.2) is 22.5 Å². The van der Waals surface area contributed by atoms with E-state index < -0.39 is 28.8 Å². The first-order valence-corrected chi connectivity index (χ1v) is 7.18. The SMILES string of the molecule is Fc1c(F)c(F)c2nc3ccc(-c4ccccc4)cc3cc2c1F. The van der Waals surface area contributed by atoms with Crippen LogP contribution in [0.4, 0.5) is 17.6 Å². The fraction of sp³-hybridized carbons (Fsp3) is 0. The predicted molar refractivity (Wildman–Crippen MR) is 84.5 cm³/mol. The van der Waals surface area contributed by atoms with Gasteiger partial charge in [0.15, 0.2) is 23.3 Å². The number of rotatable bonds is 1. The van der Waals surface area contributed by atoms with E-state index in [0.717, 1.165) is 11.1 Å². The maximum Gasteiger partial charge on any atom is 0.199 e. The van der Waals surface area contributed by atoms with Crippen molar-refractivity contribution in [3.63, 3.8) is 0 Å². The molecular weight excluding hydrogens is 318 g/mol. The molecule has 0 atom stereocenters. The number of fused-ring (bicyclic) bond motifs is 2. The molecule has 1 heterocycles. The number of hydrogen-bond acceptors (Lipinski definition) is 1. The molecule has 0 fully saturated rings. The quantitative estimate of drug-likeness (QED) is 0.192. The van der Waals surface area contributed by atoms with E-state index in [4.69, 9.17) is 0 Å². The molecular formula is C19H9F4N. The molecule has 118 valence electrons. The fourth-order valence-corrected chi connectivity index (χ4v) is 2.74. The summed E-state index contributed by atoms with van der Waals surface area (Å²) in [6.07, 6.45) is 0. The molecule has 0 aliphatic heterocycles. The van der Waals surface area contributed by atoms with Crippen LogP contribution in [-0.2, 0) is 0 Å². The van der Waals surface area contributed by atoms with E-state index in [1.54, 1.807) is 18.2 Å². The van der Waals surface area contributed by atoms with Gasteiger partial charge in [0.1, 0.15) is 5.52 Å². The molecule has 1 nitrogen and oxygen atoms in total. The zero-order valence-corrected chi connectivity index (χ0v) is 12.2. The van der Waals surface area contributed by atoms with Crippen LogP contribution in [0.15, 0.2) is 54.6 Å². The number of halogens is 4. The van der Waals surface area contributed by atoms with Gasteiger partial charge in [-0.1, -0.05) is 36.4 Å². The Morgan fingerprint density at radius 2 is 1.33 bits per heavy atom. The van der Waals surface area contributed by atoms with Crippen LogP contribution >= 0.6 is 0 Å². The minimum absolute atomic E-state index is 0.367. The Hall–Kier alpha value is -2.95. The van der Waals surface area contributed by atoms with Crippen LogP contribution in [0.1, 0.15) is 0 Å². The van der Waals surface area contributed by atoms with Crippen molar-refractivity contribution < 1.29 is 17.6 Å². The molecule has 3 aromatic carbocycles. The molecule has 0 radical (unpaired) electrons. The minimum atomic E-state index is -1.85. The number of aromatic nitrogens is 1. The normalized spacial score (nSPS) is 11.3. The zero-order chi connectivity index (χ0) is 16.8. The number of benzene rings is 3. The highest BCUT2D eigenvalue weighted by atomic mass is 19.2. The third-order valence-electron chi connectivity index (χ3n) is 3.94. The van der Waals surface area contributed by atoms with Gasteiger partial charge in [-0.2, -0.15) is 0 Å². The maximum absolute atomic E-state index is 14.0. The van der Waals surface area contributed by atoms with Crippen LogP contribution in [0.3, 0.4) is 0 Å². The first-order valence-electron chi connectivity index (χ1n) is 7.18. The van der Waals surface area contributed by atoms with E-state index in [-0.39, 0.29) is 5.39 Å². The van der Waals surface area contributed by atoms with Gasteiger partial charge in [0.05, 0.1) is 5.52 Å². The second-order valence-electron chi connectivity index (χ2n) is 5.41. The molecule has 4 rings (SSSR count). The summed E-state index contributed by atoms with van der Waals surface area (Å²) in [6, 6.07) is 15.9. The Labute approximate surface area is 134 Å². The van der Waals surface area contributed by atoms with Crippen molar-refractivity contribution in [3.8, 4) is 11.1 Å². The topological polar surface area (TPSA) is 12.9 Å². The largest absolute Gasteiger partial charge is 0.244 e. The molecule has 0 bridgehead atoms. The molecule has 0 aliphatic carbocycles. The molecule has 0 N–H and O–H groups in total. The highest BCUT2D eigenvalue weighted by Crippen LogP contribution is 2.30. The number of hydrogen-bond donors (Lipinski definition) is 0. The van der Waals surface area contributed by atoms with Crippen molar-refractivity contribution in [1.29, 1.82) is 0 Å². The molecule has 0 saturated carbocycles. The van der Waals surface area contributed by atoms with E-state index >= 15 is 0 Å². The van der Waals surface area contributed by atoms with Gasteiger partial charge in [-0.15, -0.1) is 0 Å². The van der Waals surface area contributed by atoms with Gasteiger partial charge >= 0.3 is 0 Å². The highest BCUT2D eigenvalue weighted by molar-refractivity contribution is 5.95. The number of nitrogens with zero attached hydrogens (tertiary/aromatic N) is 1. The summed E-state index contributed by atoms with van der Waals surface area (Å²) < 4.78 is 54.7. The van der Waals surface area contributed by atoms with Gasteiger partial charge in [-0.3, -0.25) is 0 Å². The van der Waals surface area contributed by atoms with Crippen LogP contribution in [0.2, 0.25) is 0 Å². The number of pyridine rings is 1. The average molecular weight is 327 g/mol. The van der Waals surface area contributed by atoms with E-state index in [1.807, 2.05) is 30.3 Å². The van der Waals surface area contributed by atoms with E-state index in [1.165, 1.54) is 6.07 Å². The summed E-state index contributed by atoms with van der Waals surface area (Å²) in [5, 5.41) is 0.122. The average Bonchev–Trinajstić information content (AvgIpc) is 2.63. The summed E-state index contributed by atoms with van der Waals surface area (Å²) in [7, 11) is 0. The van der Waals surface area contributed by atoms with Crippen LogP contribution < -0.4 is 0 Å². The molecule has 4 aromatic rings. The molecule has 0 amide bonds. The van der Waals surface area contributed by atoms with E-state index in [0.29, 0.717) is 10.9 Å². The van der Waals surface area contributed by atoms with Gasteiger partial charge < -0.3 is 0 Å². The lowest BCUT2D eigenvalue weighted by Gasteiger charge is -2.08. The van der Waals surface area contributed by atoms with Gasteiger partial charge in [0.2, 0.25) is 0 Å². The molecule has 0 unspecified atom stereocenters. The summed E-state index contributed by atoms with van der Waals surface area (Å²) in [4.78, 5) is 3.95. The highest BCUT2D eigenvalue weighted by Gasteiger charge is 2.21. The van der Waals surface area contributed by atoms with Crippen LogP contribution in [0.5, 0.6) is 0 Å². The molecule has 0 saturated heterocycles. The first-order chi connectivity index (χ1) is 11.6. The summed E-state index contributed by atoms with van der Waals surface area (Å²) >= 11 is 0. The van der Waals surface area contributed by atoms with Crippen molar-refractivity contribution in [2.24, 2.45) is 0 Å². The Morgan fingerprint density at radius 3 is 2.08 bits per heavy atom. The lowest BCUT2D eigenvalue weighted by atomic mass is 10.0. The Balaban J connectivity index is 2.03. The Bertz CT molecular complexity index is 1090. The maximum atomic E-state index is 14.0. The summed E-state index contributed by atoms with van der Waals surface area (Å²) in [5.74, 6) is -6.62. The van der Waals surface area contributed by atoms with Crippen molar-refractivity contribution >= 4 is 21.8 Å². The monoisotopic (exact) mass is 327 g/mol. The van der Waals surface area contributed by atoms with E-state index in [9.17, 15) is 17.6 Å². The van der Waals surface area contributed by atoms with Crippen molar-refractivity contribution in [1.82, 2.24) is 4.98 Å². The van der Waals surface area contributed by atoms with Crippen molar-refractivity contribution in [2.75, 3.05) is 0 Å². The van der Waals surface area contributed by atoms with Crippen LogP contribution in [0.25, 0.3) is 32.9 Å². The first kappa shape index (κ1) is 14.6. The summed E-state index contributed by atoms with van der Waals surface area (Å²) in [5.41, 5.74) is 1.64. The Kier molecular flexibility index (Phi) is 3.23. The third kappa shape index (κ3) is 2.12. The van der Waals surface area contributed by atoms with Crippen molar-refractivity contribution in [2.45, 2.75) is 0 Å². The smallest absolute Gasteiger partial charge is 0.199 e. The molecule has 0 aliphatic rings. The zero-order valence-electron chi connectivity index (χ0n) is 12.2. The second kappa shape index (κ2) is 5.30. The van der Waals surface area contributed by atoms with Crippen molar-refractivity contribution in [3.05, 3.63) is 77.9 Å². The second-order valence-corrected chi connectivity index (χ2v) is 5.41. The lowest BCUT2D eigenvalue weighted by molar-refractivity contribution is 0.417. The molecule has 24 heavy (non-hydrogen) atoms. The van der Waals surface area contributed by atoms with Gasteiger partial charge in [-0.05, 0) is 29.3 Å². The summed E-state index contributed by atoms with van der Waals surface area (Å²) in [6.45, 7) is 0. The lowest BCUT2D eigenvalue weighted by Crippen LogP contribution is -2.00. The third-order valence-corrected chi connectivity index (χ3v) is 3.94. The standard InChI is InChI=1S/C19H9F4N/c20-15-13-9-12-8-11(10-4-2-1-3-5-10)6-7-14(12)24-19(13)18(23)17(22)16(15)21/h1-9H. The molecule has 1 aromatic heterocycles. The minimum Gasteiger partial charge on any atom is -0.244 e.